The molecule has 1 aromatic heterocycles. The van der Waals surface area contributed by atoms with E-state index in [0.717, 1.165) is 18.7 Å². The zero-order valence-corrected chi connectivity index (χ0v) is 15.1. The number of morpholine rings is 1. The molecular formula is C19H23N5O3. The van der Waals surface area contributed by atoms with Crippen LogP contribution in [0.5, 0.6) is 0 Å². The van der Waals surface area contributed by atoms with Crippen LogP contribution in [0.3, 0.4) is 0 Å². The Hall–Kier alpha value is -2.84. The topological polar surface area (TPSA) is 110 Å². The van der Waals surface area contributed by atoms with E-state index in [0.29, 0.717) is 44.2 Å². The van der Waals surface area contributed by atoms with Gasteiger partial charge in [-0.2, -0.15) is 0 Å². The van der Waals surface area contributed by atoms with Crippen LogP contribution in [0.15, 0.2) is 36.5 Å². The number of primary amides is 1. The third kappa shape index (κ3) is 5.32. The van der Waals surface area contributed by atoms with Crippen molar-refractivity contribution in [2.45, 2.75) is 6.42 Å². The quantitative estimate of drug-likeness (QED) is 0.723. The lowest BCUT2D eigenvalue weighted by atomic mass is 10.1. The first kappa shape index (κ1) is 18.9. The molecular weight excluding hydrogens is 346 g/mol. The average Bonchev–Trinajstić information content (AvgIpc) is 2.69. The van der Waals surface area contributed by atoms with E-state index in [2.05, 4.69) is 15.3 Å². The number of ether oxygens (including phenoxy) is 1. The van der Waals surface area contributed by atoms with Gasteiger partial charge in [0.25, 0.3) is 5.91 Å². The summed E-state index contributed by atoms with van der Waals surface area (Å²) in [5.74, 6) is -0.116. The van der Waals surface area contributed by atoms with Gasteiger partial charge in [0.1, 0.15) is 0 Å². The lowest BCUT2D eigenvalue weighted by Gasteiger charge is -2.25. The molecule has 1 fully saturated rings. The Morgan fingerprint density at radius 2 is 1.93 bits per heavy atom. The minimum atomic E-state index is -0.579. The van der Waals surface area contributed by atoms with Crippen LogP contribution in [0.4, 0.5) is 0 Å². The lowest BCUT2D eigenvalue weighted by Crippen LogP contribution is -2.43. The van der Waals surface area contributed by atoms with E-state index in [9.17, 15) is 9.59 Å². The van der Waals surface area contributed by atoms with Gasteiger partial charge >= 0.3 is 0 Å². The van der Waals surface area contributed by atoms with E-state index in [4.69, 9.17) is 10.5 Å². The molecule has 1 saturated heterocycles. The summed E-state index contributed by atoms with van der Waals surface area (Å²) in [6.45, 7) is 3.52. The number of hydrogen-bond acceptors (Lipinski definition) is 6. The molecule has 142 valence electrons. The molecule has 0 atom stereocenters. The Morgan fingerprint density at radius 1 is 1.19 bits per heavy atom. The Morgan fingerprint density at radius 3 is 2.63 bits per heavy atom. The van der Waals surface area contributed by atoms with Gasteiger partial charge in [0.05, 0.1) is 31.0 Å². The minimum absolute atomic E-state index is 0.0603. The molecule has 1 aliphatic heterocycles. The summed E-state index contributed by atoms with van der Waals surface area (Å²) < 4.78 is 5.27. The highest BCUT2D eigenvalue weighted by molar-refractivity contribution is 5.93. The molecule has 0 spiro atoms. The van der Waals surface area contributed by atoms with E-state index in [1.807, 2.05) is 35.2 Å². The molecule has 2 amide bonds. The van der Waals surface area contributed by atoms with Gasteiger partial charge < -0.3 is 15.8 Å². The summed E-state index contributed by atoms with van der Waals surface area (Å²) in [5, 5.41) is 2.87. The van der Waals surface area contributed by atoms with Crippen LogP contribution in [-0.2, 0) is 16.0 Å². The normalized spacial score (nSPS) is 14.7. The molecule has 0 radical (unpaired) electrons. The number of nitrogens with one attached hydrogen (secondary N) is 1. The largest absolute Gasteiger partial charge is 0.379 e. The van der Waals surface area contributed by atoms with Gasteiger partial charge in [-0.3, -0.25) is 14.5 Å². The van der Waals surface area contributed by atoms with Crippen molar-refractivity contribution in [3.05, 3.63) is 47.8 Å². The molecule has 3 N–H and O–H groups in total. The summed E-state index contributed by atoms with van der Waals surface area (Å²) in [7, 11) is 0. The summed E-state index contributed by atoms with van der Waals surface area (Å²) >= 11 is 0. The van der Waals surface area contributed by atoms with Crippen molar-refractivity contribution in [1.82, 2.24) is 20.2 Å². The first-order valence-corrected chi connectivity index (χ1v) is 8.91. The van der Waals surface area contributed by atoms with Gasteiger partial charge in [-0.15, -0.1) is 0 Å². The molecule has 0 unspecified atom stereocenters. The van der Waals surface area contributed by atoms with Crippen LogP contribution in [0.2, 0.25) is 0 Å². The fraction of sp³-hybridized carbons (Fsp3) is 0.368. The number of carbonyl (C=O) groups excluding carboxylic acids is 2. The highest BCUT2D eigenvalue weighted by Gasteiger charge is 2.15. The maximum Gasteiger partial charge on any atom is 0.252 e. The molecule has 8 heteroatoms. The van der Waals surface area contributed by atoms with Gasteiger partial charge in [0.2, 0.25) is 5.91 Å². The van der Waals surface area contributed by atoms with Crippen molar-refractivity contribution >= 4 is 11.8 Å². The number of nitrogens with two attached hydrogens (primary N) is 1. The molecule has 2 aromatic rings. The first-order chi connectivity index (χ1) is 13.1. The maximum absolute atomic E-state index is 12.1. The summed E-state index contributed by atoms with van der Waals surface area (Å²) in [4.78, 5) is 34.5. The van der Waals surface area contributed by atoms with Gasteiger partial charge in [-0.1, -0.05) is 30.3 Å². The summed E-state index contributed by atoms with van der Waals surface area (Å²) in [6, 6.07) is 9.49. The van der Waals surface area contributed by atoms with E-state index in [-0.39, 0.29) is 11.5 Å². The van der Waals surface area contributed by atoms with E-state index in [1.165, 1.54) is 6.20 Å². The number of benzene rings is 1. The van der Waals surface area contributed by atoms with Crippen LogP contribution in [-0.4, -0.2) is 66.1 Å². The monoisotopic (exact) mass is 369 g/mol. The molecule has 1 aromatic carbocycles. The van der Waals surface area contributed by atoms with Crippen molar-refractivity contribution in [3.8, 4) is 11.4 Å². The molecule has 1 aliphatic rings. The van der Waals surface area contributed by atoms with E-state index < -0.39 is 5.91 Å². The highest BCUT2D eigenvalue weighted by atomic mass is 16.5. The molecule has 8 nitrogen and oxygen atoms in total. The second-order valence-electron chi connectivity index (χ2n) is 6.27. The fourth-order valence-corrected chi connectivity index (χ4v) is 2.88. The van der Waals surface area contributed by atoms with E-state index in [1.54, 1.807) is 0 Å². The molecule has 2 heterocycles. The van der Waals surface area contributed by atoms with Crippen molar-refractivity contribution in [1.29, 1.82) is 0 Å². The fourth-order valence-electron chi connectivity index (χ4n) is 2.88. The Balaban J connectivity index is 1.62. The molecule has 0 bridgehead atoms. The van der Waals surface area contributed by atoms with Crippen LogP contribution < -0.4 is 11.1 Å². The molecule has 0 saturated carbocycles. The van der Waals surface area contributed by atoms with Crippen molar-refractivity contribution in [2.24, 2.45) is 5.73 Å². The van der Waals surface area contributed by atoms with Gasteiger partial charge in [-0.25, -0.2) is 9.97 Å². The number of aromatic nitrogens is 2. The van der Waals surface area contributed by atoms with E-state index >= 15 is 0 Å². The first-order valence-electron chi connectivity index (χ1n) is 8.91. The summed E-state index contributed by atoms with van der Waals surface area (Å²) in [6.07, 6.45) is 1.85. The number of carbonyl (C=O) groups is 2. The SMILES string of the molecule is NC(=O)c1cnc(-c2ccccc2)nc1CCNC(=O)CN1CCOCC1. The third-order valence-electron chi connectivity index (χ3n) is 4.32. The van der Waals surface area contributed by atoms with Crippen LogP contribution in [0, 0.1) is 0 Å². The molecule has 0 aliphatic carbocycles. The Labute approximate surface area is 157 Å². The zero-order valence-electron chi connectivity index (χ0n) is 15.1. The second-order valence-corrected chi connectivity index (χ2v) is 6.27. The average molecular weight is 369 g/mol. The predicted molar refractivity (Wildman–Crippen MR) is 100.0 cm³/mol. The van der Waals surface area contributed by atoms with Crippen molar-refractivity contribution in [2.75, 3.05) is 39.4 Å². The highest BCUT2D eigenvalue weighted by Crippen LogP contribution is 2.16. The predicted octanol–water partition coefficient (Wildman–Crippen LogP) is 0.233. The molecule has 3 rings (SSSR count). The number of hydrogen-bond donors (Lipinski definition) is 2. The van der Waals surface area contributed by atoms with Gasteiger partial charge in [0.15, 0.2) is 5.82 Å². The third-order valence-corrected chi connectivity index (χ3v) is 4.32. The van der Waals surface area contributed by atoms with Crippen LogP contribution >= 0.6 is 0 Å². The Kier molecular flexibility index (Phi) is 6.45. The van der Waals surface area contributed by atoms with Gasteiger partial charge in [-0.05, 0) is 0 Å². The van der Waals surface area contributed by atoms with Gasteiger partial charge in [0, 0.05) is 37.8 Å². The van der Waals surface area contributed by atoms with Crippen molar-refractivity contribution < 1.29 is 14.3 Å². The number of nitrogens with zero attached hydrogens (tertiary/aromatic N) is 3. The minimum Gasteiger partial charge on any atom is -0.379 e. The number of rotatable bonds is 7. The Bertz CT molecular complexity index is 791. The second kappa shape index (κ2) is 9.20. The summed E-state index contributed by atoms with van der Waals surface area (Å²) in [5.41, 5.74) is 7.09. The molecule has 27 heavy (non-hydrogen) atoms. The van der Waals surface area contributed by atoms with Crippen LogP contribution in [0.25, 0.3) is 11.4 Å². The lowest BCUT2D eigenvalue weighted by molar-refractivity contribution is -0.123. The maximum atomic E-state index is 12.1. The number of amides is 2. The van der Waals surface area contributed by atoms with Crippen molar-refractivity contribution in [3.63, 3.8) is 0 Å². The zero-order chi connectivity index (χ0) is 19.1. The smallest absolute Gasteiger partial charge is 0.252 e. The van der Waals surface area contributed by atoms with Crippen LogP contribution in [0.1, 0.15) is 16.1 Å². The standard InChI is InChI=1S/C19H23N5O3/c20-18(26)15-12-22-19(14-4-2-1-3-5-14)23-16(15)6-7-21-17(25)13-24-8-10-27-11-9-24/h1-5,12H,6-11,13H2,(H2,20,26)(H,21,25).